The number of aryl methyl sites for hydroxylation is 2. The van der Waals surface area contributed by atoms with E-state index in [2.05, 4.69) is 6.92 Å². The van der Waals surface area contributed by atoms with Crippen molar-refractivity contribution in [3.8, 4) is 11.5 Å². The minimum atomic E-state index is -1.19. The van der Waals surface area contributed by atoms with Crippen LogP contribution in [0.1, 0.15) is 50.6 Å². The zero-order valence-electron chi connectivity index (χ0n) is 16.5. The Hall–Kier alpha value is -2.54. The topological polar surface area (TPSA) is 78.9 Å². The van der Waals surface area contributed by atoms with Gasteiger partial charge in [-0.25, -0.2) is 0 Å². The van der Waals surface area contributed by atoms with Crippen LogP contribution in [0.5, 0.6) is 11.5 Å². The number of hydrogen-bond donors (Lipinski definition) is 0. The van der Waals surface area contributed by atoms with E-state index in [1.54, 1.807) is 18.1 Å². The van der Waals surface area contributed by atoms with Gasteiger partial charge in [-0.3, -0.25) is 4.79 Å². The number of carbonyl (C=O) groups excluding carboxylic acids is 2. The summed E-state index contributed by atoms with van der Waals surface area (Å²) in [6.45, 7) is 4.49. The molecule has 2 heterocycles. The summed E-state index contributed by atoms with van der Waals surface area (Å²) in [5.41, 5.74) is 2.83. The minimum absolute atomic E-state index is 0.139. The number of fused-ring (bicyclic) bond motifs is 1. The Labute approximate surface area is 168 Å². The number of amides is 1. The minimum Gasteiger partial charge on any atom is -0.550 e. The highest BCUT2D eigenvalue weighted by molar-refractivity contribution is 7.14. The van der Waals surface area contributed by atoms with Gasteiger partial charge < -0.3 is 24.3 Å². The van der Waals surface area contributed by atoms with Gasteiger partial charge in [0, 0.05) is 23.8 Å². The van der Waals surface area contributed by atoms with Crippen LogP contribution in [0.4, 0.5) is 0 Å². The number of methoxy groups -OCH3 is 2. The standard InChI is InChI=1S/C21H25NO5S/c1-5-18-12(2)8-19(28-18)21(25)22-7-6-13-9-16(26-3)17(27-4)10-14(13)15(22)11-20(23)24/h8-10,15H,5-7,11H2,1-4H3,(H,23,24)/p-1/t15-/m0/s1. The lowest BCUT2D eigenvalue weighted by molar-refractivity contribution is -0.306. The molecule has 0 bridgehead atoms. The summed E-state index contributed by atoms with van der Waals surface area (Å²) in [6, 6.07) is 4.93. The number of rotatable bonds is 6. The van der Waals surface area contributed by atoms with Crippen LogP contribution in [0.2, 0.25) is 0 Å². The van der Waals surface area contributed by atoms with Crippen LogP contribution in [0.15, 0.2) is 18.2 Å². The SMILES string of the molecule is CCc1sc(C(=O)N2CCc3cc(OC)c(OC)cc3[C@@H]2CC(=O)[O-])cc1C. The Bertz CT molecular complexity index is 904. The van der Waals surface area contributed by atoms with E-state index < -0.39 is 12.0 Å². The van der Waals surface area contributed by atoms with Crippen molar-refractivity contribution in [3.63, 3.8) is 0 Å². The van der Waals surface area contributed by atoms with Gasteiger partial charge >= 0.3 is 0 Å². The van der Waals surface area contributed by atoms with Gasteiger partial charge in [-0.1, -0.05) is 6.92 Å². The average molecular weight is 402 g/mol. The van der Waals surface area contributed by atoms with E-state index in [0.717, 1.165) is 23.1 Å². The monoisotopic (exact) mass is 402 g/mol. The van der Waals surface area contributed by atoms with E-state index in [9.17, 15) is 14.7 Å². The quantitative estimate of drug-likeness (QED) is 0.742. The van der Waals surface area contributed by atoms with E-state index in [4.69, 9.17) is 9.47 Å². The molecule has 1 aromatic carbocycles. The summed E-state index contributed by atoms with van der Waals surface area (Å²) >= 11 is 1.48. The number of aliphatic carboxylic acids is 1. The van der Waals surface area contributed by atoms with Gasteiger partial charge in [0.25, 0.3) is 5.91 Å². The highest BCUT2D eigenvalue weighted by atomic mass is 32.1. The smallest absolute Gasteiger partial charge is 0.264 e. The molecule has 6 nitrogen and oxygen atoms in total. The fourth-order valence-corrected chi connectivity index (χ4v) is 4.84. The van der Waals surface area contributed by atoms with E-state index in [0.29, 0.717) is 29.3 Å². The molecule has 0 radical (unpaired) electrons. The largest absolute Gasteiger partial charge is 0.550 e. The number of ether oxygens (including phenoxy) is 2. The normalized spacial score (nSPS) is 15.9. The molecule has 1 aliphatic rings. The molecule has 2 aromatic rings. The molecular formula is C21H24NO5S-. The molecule has 1 aromatic heterocycles. The highest BCUT2D eigenvalue weighted by Crippen LogP contribution is 2.40. The van der Waals surface area contributed by atoms with E-state index >= 15 is 0 Å². The summed E-state index contributed by atoms with van der Waals surface area (Å²) in [7, 11) is 3.09. The highest BCUT2D eigenvalue weighted by Gasteiger charge is 2.33. The summed E-state index contributed by atoms with van der Waals surface area (Å²) in [6.07, 6.45) is 1.22. The molecule has 0 aliphatic carbocycles. The molecule has 3 rings (SSSR count). The zero-order valence-corrected chi connectivity index (χ0v) is 17.4. The Morgan fingerprint density at radius 2 is 1.89 bits per heavy atom. The first-order valence-corrected chi connectivity index (χ1v) is 10.1. The van der Waals surface area contributed by atoms with Crippen molar-refractivity contribution in [2.45, 2.75) is 39.2 Å². The average Bonchev–Trinajstić information content (AvgIpc) is 3.07. The Balaban J connectivity index is 2.02. The molecule has 150 valence electrons. The zero-order chi connectivity index (χ0) is 20.4. The van der Waals surface area contributed by atoms with Crippen LogP contribution in [-0.2, 0) is 17.6 Å². The Morgan fingerprint density at radius 3 is 2.46 bits per heavy atom. The predicted molar refractivity (Wildman–Crippen MR) is 105 cm³/mol. The Morgan fingerprint density at radius 1 is 1.21 bits per heavy atom. The van der Waals surface area contributed by atoms with Crippen LogP contribution in [-0.4, -0.2) is 37.5 Å². The van der Waals surface area contributed by atoms with Gasteiger partial charge in [0.2, 0.25) is 0 Å². The first kappa shape index (κ1) is 20.2. The number of benzene rings is 1. The molecule has 0 saturated heterocycles. The van der Waals surface area contributed by atoms with Gasteiger partial charge in [0.05, 0.1) is 25.1 Å². The van der Waals surface area contributed by atoms with Crippen molar-refractivity contribution in [1.29, 1.82) is 0 Å². The summed E-state index contributed by atoms with van der Waals surface area (Å²) < 4.78 is 10.7. The fraction of sp³-hybridized carbons (Fsp3) is 0.429. The molecule has 0 N–H and O–H groups in total. The first-order chi connectivity index (χ1) is 13.4. The van der Waals surface area contributed by atoms with Crippen molar-refractivity contribution in [1.82, 2.24) is 4.90 Å². The third-order valence-electron chi connectivity index (χ3n) is 5.18. The number of carbonyl (C=O) groups is 2. The lowest BCUT2D eigenvalue weighted by Crippen LogP contribution is -2.42. The third-order valence-corrected chi connectivity index (χ3v) is 6.55. The number of nitrogens with zero attached hydrogens (tertiary/aromatic N) is 1. The van der Waals surface area contributed by atoms with Gasteiger partial charge in [-0.05, 0) is 54.7 Å². The van der Waals surface area contributed by atoms with Crippen molar-refractivity contribution >= 4 is 23.2 Å². The van der Waals surface area contributed by atoms with Crippen LogP contribution in [0.25, 0.3) is 0 Å². The second-order valence-corrected chi connectivity index (χ2v) is 7.95. The van der Waals surface area contributed by atoms with Crippen LogP contribution in [0, 0.1) is 6.92 Å². The summed E-state index contributed by atoms with van der Waals surface area (Å²) in [5, 5.41) is 11.5. The van der Waals surface area contributed by atoms with E-state index in [1.165, 1.54) is 23.3 Å². The first-order valence-electron chi connectivity index (χ1n) is 9.24. The molecule has 1 aliphatic heterocycles. The molecule has 0 saturated carbocycles. The molecule has 0 fully saturated rings. The molecule has 0 spiro atoms. The van der Waals surface area contributed by atoms with Crippen LogP contribution < -0.4 is 14.6 Å². The lowest BCUT2D eigenvalue weighted by atomic mass is 9.89. The fourth-order valence-electron chi connectivity index (χ4n) is 3.77. The van der Waals surface area contributed by atoms with Crippen molar-refractivity contribution in [3.05, 3.63) is 44.6 Å². The number of carboxylic acid groups (broad SMARTS) is 1. The van der Waals surface area contributed by atoms with E-state index in [1.807, 2.05) is 19.1 Å². The molecular weight excluding hydrogens is 378 g/mol. The second kappa shape index (κ2) is 8.22. The van der Waals surface area contributed by atoms with Gasteiger partial charge in [-0.2, -0.15) is 0 Å². The van der Waals surface area contributed by atoms with Crippen molar-refractivity contribution < 1.29 is 24.2 Å². The summed E-state index contributed by atoms with van der Waals surface area (Å²) in [5.74, 6) is -0.227. The van der Waals surface area contributed by atoms with Crippen LogP contribution in [0.3, 0.4) is 0 Å². The maximum Gasteiger partial charge on any atom is 0.264 e. The maximum absolute atomic E-state index is 13.2. The van der Waals surface area contributed by atoms with Gasteiger partial charge in [0.15, 0.2) is 11.5 Å². The van der Waals surface area contributed by atoms with E-state index in [-0.39, 0.29) is 12.3 Å². The van der Waals surface area contributed by atoms with Crippen LogP contribution >= 0.6 is 11.3 Å². The molecule has 28 heavy (non-hydrogen) atoms. The van der Waals surface area contributed by atoms with Gasteiger partial charge in [0.1, 0.15) is 0 Å². The molecule has 7 heteroatoms. The summed E-state index contributed by atoms with van der Waals surface area (Å²) in [4.78, 5) is 28.1. The molecule has 0 unspecified atom stereocenters. The number of carboxylic acids is 1. The number of hydrogen-bond acceptors (Lipinski definition) is 6. The predicted octanol–water partition coefficient (Wildman–Crippen LogP) is 2.52. The van der Waals surface area contributed by atoms with Gasteiger partial charge in [-0.15, -0.1) is 11.3 Å². The third kappa shape index (κ3) is 3.71. The molecule has 1 amide bonds. The molecule has 1 atom stereocenters. The lowest BCUT2D eigenvalue weighted by Gasteiger charge is -2.38. The second-order valence-electron chi connectivity index (χ2n) is 6.82. The maximum atomic E-state index is 13.2. The number of thiophene rings is 1. The Kier molecular flexibility index (Phi) is 5.93. The van der Waals surface area contributed by atoms with Crippen molar-refractivity contribution in [2.24, 2.45) is 0 Å². The van der Waals surface area contributed by atoms with Crippen molar-refractivity contribution in [2.75, 3.05) is 20.8 Å².